The highest BCUT2D eigenvalue weighted by atomic mass is 16.1. The molecule has 0 atom stereocenters. The summed E-state index contributed by atoms with van der Waals surface area (Å²) in [7, 11) is 0. The Hall–Kier alpha value is -5.40. The summed E-state index contributed by atoms with van der Waals surface area (Å²) in [5.74, 6) is -0.204. The third-order valence-corrected chi connectivity index (χ3v) is 5.42. The first-order chi connectivity index (χ1) is 17.7. The third kappa shape index (κ3) is 5.22. The molecule has 0 bridgehead atoms. The number of rotatable bonds is 7. The van der Waals surface area contributed by atoms with Gasteiger partial charge in [0.25, 0.3) is 5.91 Å². The Morgan fingerprint density at radius 1 is 0.750 bits per heavy atom. The van der Waals surface area contributed by atoms with Gasteiger partial charge < -0.3 is 16.0 Å². The van der Waals surface area contributed by atoms with Crippen molar-refractivity contribution < 1.29 is 4.79 Å². The number of fused-ring (bicyclic) bond motifs is 1. The van der Waals surface area contributed by atoms with Gasteiger partial charge in [-0.3, -0.25) is 14.8 Å². The molecule has 0 saturated heterocycles. The molecule has 9 nitrogen and oxygen atoms in total. The van der Waals surface area contributed by atoms with Crippen molar-refractivity contribution in [3.63, 3.8) is 0 Å². The SMILES string of the molecule is [N-]=[N+]=Nc1ccc2nccc(Nc3ccc(C(=O)Nc4ccc(Nc5ccncc5)cc4)cc3)c2c1. The van der Waals surface area contributed by atoms with Crippen LogP contribution in [0.1, 0.15) is 10.4 Å². The Balaban J connectivity index is 1.25. The summed E-state index contributed by atoms with van der Waals surface area (Å²) in [6, 6.07) is 25.6. The first kappa shape index (κ1) is 22.4. The molecule has 3 aromatic carbocycles. The predicted molar refractivity (Wildman–Crippen MR) is 142 cm³/mol. The van der Waals surface area contributed by atoms with Crippen LogP contribution in [0.4, 0.5) is 34.1 Å². The third-order valence-electron chi connectivity index (χ3n) is 5.42. The number of carbonyl (C=O) groups is 1. The van der Waals surface area contributed by atoms with E-state index in [2.05, 4.69) is 35.9 Å². The number of carbonyl (C=O) groups excluding carboxylic acids is 1. The second-order valence-corrected chi connectivity index (χ2v) is 7.84. The highest BCUT2D eigenvalue weighted by molar-refractivity contribution is 6.04. The normalized spacial score (nSPS) is 10.3. The van der Waals surface area contributed by atoms with Crippen LogP contribution in [0.15, 0.2) is 109 Å². The first-order valence-corrected chi connectivity index (χ1v) is 11.1. The van der Waals surface area contributed by atoms with Crippen LogP contribution in [0.3, 0.4) is 0 Å². The van der Waals surface area contributed by atoms with E-state index in [0.717, 1.165) is 33.7 Å². The maximum Gasteiger partial charge on any atom is 0.255 e. The topological polar surface area (TPSA) is 128 Å². The van der Waals surface area contributed by atoms with Crippen molar-refractivity contribution in [2.24, 2.45) is 5.11 Å². The Labute approximate surface area is 206 Å². The maximum absolute atomic E-state index is 12.7. The number of pyridine rings is 2. The highest BCUT2D eigenvalue weighted by Crippen LogP contribution is 2.29. The van der Waals surface area contributed by atoms with E-state index in [4.69, 9.17) is 5.53 Å². The van der Waals surface area contributed by atoms with Crippen molar-refractivity contribution in [3.05, 3.63) is 120 Å². The van der Waals surface area contributed by atoms with E-state index >= 15 is 0 Å². The molecule has 0 aliphatic rings. The van der Waals surface area contributed by atoms with Crippen molar-refractivity contribution in [2.75, 3.05) is 16.0 Å². The van der Waals surface area contributed by atoms with Crippen LogP contribution in [-0.4, -0.2) is 15.9 Å². The molecule has 36 heavy (non-hydrogen) atoms. The molecular formula is C27H20N8O. The van der Waals surface area contributed by atoms with Crippen molar-refractivity contribution in [2.45, 2.75) is 0 Å². The lowest BCUT2D eigenvalue weighted by atomic mass is 10.1. The van der Waals surface area contributed by atoms with Gasteiger partial charge in [-0.05, 0) is 84.4 Å². The van der Waals surface area contributed by atoms with Gasteiger partial charge in [-0.15, -0.1) is 0 Å². The van der Waals surface area contributed by atoms with Crippen molar-refractivity contribution >= 4 is 50.9 Å². The van der Waals surface area contributed by atoms with Crippen molar-refractivity contribution in [1.82, 2.24) is 9.97 Å². The van der Waals surface area contributed by atoms with Crippen LogP contribution in [0.2, 0.25) is 0 Å². The molecule has 2 aromatic heterocycles. The zero-order valence-corrected chi connectivity index (χ0v) is 19.0. The van der Waals surface area contributed by atoms with E-state index in [-0.39, 0.29) is 5.91 Å². The molecule has 3 N–H and O–H groups in total. The monoisotopic (exact) mass is 472 g/mol. The number of amides is 1. The lowest BCUT2D eigenvalue weighted by Crippen LogP contribution is -2.11. The van der Waals surface area contributed by atoms with Gasteiger partial charge in [-0.25, -0.2) is 0 Å². The fraction of sp³-hybridized carbons (Fsp3) is 0. The number of hydrogen-bond acceptors (Lipinski definition) is 6. The molecule has 0 aliphatic heterocycles. The molecule has 1 amide bonds. The van der Waals surface area contributed by atoms with Gasteiger partial charge in [0.2, 0.25) is 0 Å². The quantitative estimate of drug-likeness (QED) is 0.130. The summed E-state index contributed by atoms with van der Waals surface area (Å²) in [6.07, 6.45) is 5.15. The fourth-order valence-corrected chi connectivity index (χ4v) is 3.66. The smallest absolute Gasteiger partial charge is 0.255 e. The van der Waals surface area contributed by atoms with E-state index in [1.165, 1.54) is 0 Å². The summed E-state index contributed by atoms with van der Waals surface area (Å²) in [4.78, 5) is 23.9. The maximum atomic E-state index is 12.7. The Morgan fingerprint density at radius 3 is 2.17 bits per heavy atom. The second kappa shape index (κ2) is 10.3. The van der Waals surface area contributed by atoms with E-state index in [1.54, 1.807) is 48.9 Å². The van der Waals surface area contributed by atoms with Crippen LogP contribution in [-0.2, 0) is 0 Å². The van der Waals surface area contributed by atoms with Crippen LogP contribution in [0.5, 0.6) is 0 Å². The minimum Gasteiger partial charge on any atom is -0.355 e. The molecule has 0 radical (unpaired) electrons. The summed E-state index contributed by atoms with van der Waals surface area (Å²) >= 11 is 0. The van der Waals surface area contributed by atoms with E-state index in [9.17, 15) is 4.79 Å². The molecule has 174 valence electrons. The Morgan fingerprint density at radius 2 is 1.42 bits per heavy atom. The molecule has 0 aliphatic carbocycles. The van der Waals surface area contributed by atoms with Gasteiger partial charge in [0, 0.05) is 68.6 Å². The Kier molecular flexibility index (Phi) is 6.38. The molecule has 0 spiro atoms. The molecule has 0 unspecified atom stereocenters. The fourth-order valence-electron chi connectivity index (χ4n) is 3.66. The standard InChI is InChI=1S/C27H20N8O/c28-35-34-23-9-10-25-24(17-23)26(13-16-30-25)32-20-3-1-18(2-4-20)27(36)33-21-7-5-19(6-8-21)31-22-11-14-29-15-12-22/h1-17H,(H,29,31)(H,30,32)(H,33,36). The first-order valence-electron chi connectivity index (χ1n) is 11.1. The zero-order chi connectivity index (χ0) is 24.7. The number of aromatic nitrogens is 2. The van der Waals surface area contributed by atoms with Crippen molar-refractivity contribution in [3.8, 4) is 0 Å². The number of hydrogen-bond donors (Lipinski definition) is 3. The summed E-state index contributed by atoms with van der Waals surface area (Å²) in [5, 5.41) is 14.0. The van der Waals surface area contributed by atoms with Gasteiger partial charge in [0.1, 0.15) is 0 Å². The summed E-state index contributed by atoms with van der Waals surface area (Å²) < 4.78 is 0. The van der Waals surface area contributed by atoms with Crippen LogP contribution < -0.4 is 16.0 Å². The molecule has 9 heteroatoms. The number of benzene rings is 3. The molecule has 2 heterocycles. The van der Waals surface area contributed by atoms with Gasteiger partial charge in [-0.2, -0.15) is 0 Å². The second-order valence-electron chi connectivity index (χ2n) is 7.84. The number of azide groups is 1. The van der Waals surface area contributed by atoms with E-state index < -0.39 is 0 Å². The molecule has 5 aromatic rings. The van der Waals surface area contributed by atoms with E-state index in [0.29, 0.717) is 16.9 Å². The largest absolute Gasteiger partial charge is 0.355 e. The van der Waals surface area contributed by atoms with Crippen molar-refractivity contribution in [1.29, 1.82) is 0 Å². The lowest BCUT2D eigenvalue weighted by Gasteiger charge is -2.11. The van der Waals surface area contributed by atoms with Gasteiger partial charge in [-0.1, -0.05) is 11.2 Å². The average molecular weight is 473 g/mol. The molecular weight excluding hydrogens is 452 g/mol. The predicted octanol–water partition coefficient (Wildman–Crippen LogP) is 7.31. The zero-order valence-electron chi connectivity index (χ0n) is 19.0. The van der Waals surface area contributed by atoms with Crippen LogP contribution in [0, 0.1) is 0 Å². The van der Waals surface area contributed by atoms with E-state index in [1.807, 2.05) is 54.6 Å². The minimum atomic E-state index is -0.204. The molecule has 5 rings (SSSR count). The van der Waals surface area contributed by atoms with Crippen LogP contribution >= 0.6 is 0 Å². The number of anilines is 5. The van der Waals surface area contributed by atoms with Crippen LogP contribution in [0.25, 0.3) is 21.3 Å². The molecule has 0 fully saturated rings. The molecule has 0 saturated carbocycles. The van der Waals surface area contributed by atoms with Gasteiger partial charge in [0.05, 0.1) is 5.52 Å². The highest BCUT2D eigenvalue weighted by Gasteiger charge is 2.08. The summed E-state index contributed by atoms with van der Waals surface area (Å²) in [6.45, 7) is 0. The lowest BCUT2D eigenvalue weighted by molar-refractivity contribution is 0.102. The van der Waals surface area contributed by atoms with Gasteiger partial charge >= 0.3 is 0 Å². The summed E-state index contributed by atoms with van der Waals surface area (Å²) in [5.41, 5.74) is 14.7. The average Bonchev–Trinajstić information content (AvgIpc) is 2.91. The minimum absolute atomic E-state index is 0.204. The van der Waals surface area contributed by atoms with Gasteiger partial charge in [0.15, 0.2) is 0 Å². The number of nitrogens with one attached hydrogen (secondary N) is 3. The number of nitrogens with zero attached hydrogens (tertiary/aromatic N) is 5. The Bertz CT molecular complexity index is 1560.